The molecule has 1 unspecified atom stereocenters. The van der Waals surface area contributed by atoms with Gasteiger partial charge in [-0.1, -0.05) is 32.9 Å². The molecule has 0 radical (unpaired) electrons. The molecular weight excluding hydrogens is 302 g/mol. The first-order chi connectivity index (χ1) is 11.2. The van der Waals surface area contributed by atoms with Crippen molar-refractivity contribution in [3.8, 4) is 5.75 Å². The Morgan fingerprint density at radius 1 is 1.38 bits per heavy atom. The van der Waals surface area contributed by atoms with Gasteiger partial charge in [0.1, 0.15) is 5.75 Å². The van der Waals surface area contributed by atoms with Gasteiger partial charge in [0.2, 0.25) is 0 Å². The third kappa shape index (κ3) is 4.50. The lowest BCUT2D eigenvalue weighted by Crippen LogP contribution is -2.39. The summed E-state index contributed by atoms with van der Waals surface area (Å²) >= 11 is 0. The Labute approximate surface area is 145 Å². The van der Waals surface area contributed by atoms with E-state index in [4.69, 9.17) is 4.74 Å². The minimum Gasteiger partial charge on any atom is -0.507 e. The largest absolute Gasteiger partial charge is 0.507 e. The molecule has 1 heterocycles. The Kier molecular flexibility index (Phi) is 5.92. The maximum absolute atomic E-state index is 12.0. The average molecular weight is 333 g/mol. The van der Waals surface area contributed by atoms with Gasteiger partial charge in [-0.15, -0.1) is 0 Å². The number of aromatic hydroxyl groups is 1. The fourth-order valence-corrected chi connectivity index (χ4v) is 3.30. The average Bonchev–Trinajstić information content (AvgIpc) is 2.51. The summed E-state index contributed by atoms with van der Waals surface area (Å²) in [6, 6.07) is 4.17. The first-order valence-corrected chi connectivity index (χ1v) is 8.94. The van der Waals surface area contributed by atoms with Crippen LogP contribution in [0.4, 0.5) is 0 Å². The molecule has 0 saturated carbocycles. The van der Waals surface area contributed by atoms with Crippen LogP contribution in [0.3, 0.4) is 0 Å². The van der Waals surface area contributed by atoms with Gasteiger partial charge in [-0.05, 0) is 49.8 Å². The SMILES string of the molecule is CCOC(=O)C1CCCN(Cc2cc(C(C)(C)C)cc(C)c2O)C1. The number of aryl methyl sites for hydroxylation is 1. The summed E-state index contributed by atoms with van der Waals surface area (Å²) in [6.07, 6.45) is 1.88. The predicted molar refractivity (Wildman–Crippen MR) is 96.2 cm³/mol. The van der Waals surface area contributed by atoms with E-state index in [1.54, 1.807) is 0 Å². The summed E-state index contributed by atoms with van der Waals surface area (Å²) in [5.41, 5.74) is 3.13. The van der Waals surface area contributed by atoms with Crippen molar-refractivity contribution in [1.29, 1.82) is 0 Å². The molecule has 1 fully saturated rings. The molecule has 134 valence electrons. The summed E-state index contributed by atoms with van der Waals surface area (Å²) in [7, 11) is 0. The van der Waals surface area contributed by atoms with E-state index in [0.29, 0.717) is 25.4 Å². The minimum atomic E-state index is -0.0916. The highest BCUT2D eigenvalue weighted by atomic mass is 16.5. The van der Waals surface area contributed by atoms with E-state index in [1.165, 1.54) is 5.56 Å². The monoisotopic (exact) mass is 333 g/mol. The van der Waals surface area contributed by atoms with E-state index in [1.807, 2.05) is 13.8 Å². The number of likely N-dealkylation sites (tertiary alicyclic amines) is 1. The van der Waals surface area contributed by atoms with Gasteiger partial charge in [-0.2, -0.15) is 0 Å². The van der Waals surface area contributed by atoms with Crippen molar-refractivity contribution in [2.24, 2.45) is 5.92 Å². The van der Waals surface area contributed by atoms with Gasteiger partial charge in [0.25, 0.3) is 0 Å². The number of esters is 1. The maximum atomic E-state index is 12.0. The molecule has 0 bridgehead atoms. The Morgan fingerprint density at radius 3 is 2.71 bits per heavy atom. The van der Waals surface area contributed by atoms with Gasteiger partial charge in [-0.3, -0.25) is 9.69 Å². The zero-order chi connectivity index (χ0) is 17.9. The number of hydrogen-bond acceptors (Lipinski definition) is 4. The van der Waals surface area contributed by atoms with Crippen molar-refractivity contribution in [3.63, 3.8) is 0 Å². The van der Waals surface area contributed by atoms with E-state index >= 15 is 0 Å². The van der Waals surface area contributed by atoms with Crippen LogP contribution in [0, 0.1) is 12.8 Å². The highest BCUT2D eigenvalue weighted by molar-refractivity contribution is 5.72. The number of phenols is 1. The van der Waals surface area contributed by atoms with E-state index in [0.717, 1.165) is 30.5 Å². The van der Waals surface area contributed by atoms with Crippen LogP contribution in [0.2, 0.25) is 0 Å². The fraction of sp³-hybridized carbons (Fsp3) is 0.650. The van der Waals surface area contributed by atoms with Crippen molar-refractivity contribution in [3.05, 3.63) is 28.8 Å². The second-order valence-corrected chi connectivity index (χ2v) is 7.88. The molecule has 1 aromatic rings. The quantitative estimate of drug-likeness (QED) is 0.852. The molecule has 1 saturated heterocycles. The van der Waals surface area contributed by atoms with Gasteiger partial charge in [0.05, 0.1) is 12.5 Å². The van der Waals surface area contributed by atoms with Crippen molar-refractivity contribution in [2.75, 3.05) is 19.7 Å². The highest BCUT2D eigenvalue weighted by Gasteiger charge is 2.27. The number of phenolic OH excluding ortho intramolecular Hbond substituents is 1. The standard InChI is InChI=1S/C20H31NO3/c1-6-24-19(23)15-8-7-9-21(12-15)13-16-11-17(20(3,4)5)10-14(2)18(16)22/h10-11,15,22H,6-9,12-13H2,1-5H3. The van der Waals surface area contributed by atoms with Crippen LogP contribution in [0.15, 0.2) is 12.1 Å². The Bertz CT molecular complexity index is 589. The van der Waals surface area contributed by atoms with Crippen LogP contribution < -0.4 is 0 Å². The molecule has 0 amide bonds. The normalized spacial score (nSPS) is 19.3. The Morgan fingerprint density at radius 2 is 2.08 bits per heavy atom. The summed E-state index contributed by atoms with van der Waals surface area (Å²) in [4.78, 5) is 14.3. The lowest BCUT2D eigenvalue weighted by molar-refractivity contribution is -0.150. The van der Waals surface area contributed by atoms with Gasteiger partial charge in [-0.25, -0.2) is 0 Å². The molecule has 2 rings (SSSR count). The van der Waals surface area contributed by atoms with Crippen LogP contribution in [0.5, 0.6) is 5.75 Å². The maximum Gasteiger partial charge on any atom is 0.310 e. The summed E-state index contributed by atoms with van der Waals surface area (Å²) < 4.78 is 5.17. The summed E-state index contributed by atoms with van der Waals surface area (Å²) in [6.45, 7) is 13.1. The van der Waals surface area contributed by atoms with E-state index in [9.17, 15) is 9.90 Å². The van der Waals surface area contributed by atoms with Crippen LogP contribution in [-0.4, -0.2) is 35.7 Å². The van der Waals surface area contributed by atoms with Crippen LogP contribution in [-0.2, 0) is 21.5 Å². The van der Waals surface area contributed by atoms with Gasteiger partial charge < -0.3 is 9.84 Å². The Balaban J connectivity index is 2.15. The molecule has 0 aromatic heterocycles. The number of rotatable bonds is 4. The summed E-state index contributed by atoms with van der Waals surface area (Å²) in [5, 5.41) is 10.5. The lowest BCUT2D eigenvalue weighted by Gasteiger charge is -2.32. The second-order valence-electron chi connectivity index (χ2n) is 7.88. The molecule has 1 aliphatic rings. The van der Waals surface area contributed by atoms with Crippen LogP contribution in [0.25, 0.3) is 0 Å². The lowest BCUT2D eigenvalue weighted by atomic mass is 9.84. The van der Waals surface area contributed by atoms with E-state index in [-0.39, 0.29) is 17.3 Å². The minimum absolute atomic E-state index is 0.0442. The zero-order valence-electron chi connectivity index (χ0n) is 15.7. The van der Waals surface area contributed by atoms with E-state index < -0.39 is 0 Å². The van der Waals surface area contributed by atoms with Gasteiger partial charge in [0.15, 0.2) is 0 Å². The molecule has 1 aliphatic heterocycles. The number of ether oxygens (including phenoxy) is 1. The molecule has 4 heteroatoms. The number of hydrogen-bond donors (Lipinski definition) is 1. The molecule has 0 aliphatic carbocycles. The van der Waals surface area contributed by atoms with Gasteiger partial charge >= 0.3 is 5.97 Å². The topological polar surface area (TPSA) is 49.8 Å². The van der Waals surface area contributed by atoms with Gasteiger partial charge in [0, 0.05) is 18.7 Å². The Hall–Kier alpha value is -1.55. The zero-order valence-corrected chi connectivity index (χ0v) is 15.7. The van der Waals surface area contributed by atoms with Crippen LogP contribution in [0.1, 0.15) is 57.2 Å². The third-order valence-electron chi connectivity index (χ3n) is 4.76. The number of benzene rings is 1. The third-order valence-corrected chi connectivity index (χ3v) is 4.76. The fourth-order valence-electron chi connectivity index (χ4n) is 3.30. The van der Waals surface area contributed by atoms with Crippen LogP contribution >= 0.6 is 0 Å². The predicted octanol–water partition coefficient (Wildman–Crippen LogP) is 3.77. The van der Waals surface area contributed by atoms with Crippen molar-refractivity contribution < 1.29 is 14.6 Å². The number of carbonyl (C=O) groups excluding carboxylic acids is 1. The molecule has 24 heavy (non-hydrogen) atoms. The second kappa shape index (κ2) is 7.56. The van der Waals surface area contributed by atoms with E-state index in [2.05, 4.69) is 37.8 Å². The molecule has 1 aromatic carbocycles. The van der Waals surface area contributed by atoms with Crippen molar-refractivity contribution >= 4 is 5.97 Å². The first-order valence-electron chi connectivity index (χ1n) is 8.94. The molecule has 4 nitrogen and oxygen atoms in total. The highest BCUT2D eigenvalue weighted by Crippen LogP contribution is 2.32. The smallest absolute Gasteiger partial charge is 0.310 e. The first kappa shape index (κ1) is 18.8. The van der Waals surface area contributed by atoms with Crippen molar-refractivity contribution in [2.45, 2.75) is 59.4 Å². The molecule has 1 atom stereocenters. The molecule has 0 spiro atoms. The molecular formula is C20H31NO3. The number of carbonyl (C=O) groups is 1. The number of piperidine rings is 1. The van der Waals surface area contributed by atoms with Crippen molar-refractivity contribution in [1.82, 2.24) is 4.90 Å². The number of nitrogens with zero attached hydrogens (tertiary/aromatic N) is 1. The summed E-state index contributed by atoms with van der Waals surface area (Å²) in [5.74, 6) is 0.236. The molecule has 1 N–H and O–H groups in total.